The highest BCUT2D eigenvalue weighted by molar-refractivity contribution is 6.34. The van der Waals surface area contributed by atoms with Crippen molar-refractivity contribution in [2.45, 2.75) is 19.4 Å². The van der Waals surface area contributed by atoms with Gasteiger partial charge in [-0.05, 0) is 32.0 Å². The summed E-state index contributed by atoms with van der Waals surface area (Å²) in [5.74, 6) is -0.601. The third-order valence-corrected chi connectivity index (χ3v) is 3.61. The molecule has 1 aromatic rings. The average Bonchev–Trinajstić information content (AvgIpc) is 2.35. The Kier molecular flexibility index (Phi) is 3.41. The first-order valence-electron chi connectivity index (χ1n) is 5.93. The summed E-state index contributed by atoms with van der Waals surface area (Å²) in [6, 6.07) is 4.18. The van der Waals surface area contributed by atoms with E-state index in [9.17, 15) is 14.7 Å². The molecule has 0 aliphatic carbocycles. The zero-order valence-electron chi connectivity index (χ0n) is 10.7. The van der Waals surface area contributed by atoms with Crippen molar-refractivity contribution in [3.8, 4) is 5.75 Å². The van der Waals surface area contributed by atoms with Gasteiger partial charge in [0.25, 0.3) is 5.91 Å². The Morgan fingerprint density at radius 2 is 2.16 bits per heavy atom. The van der Waals surface area contributed by atoms with Crippen LogP contribution in [-0.4, -0.2) is 40.4 Å². The summed E-state index contributed by atoms with van der Waals surface area (Å²) in [4.78, 5) is 25.8. The number of nitrogens with zero attached hydrogens (tertiary/aromatic N) is 1. The van der Waals surface area contributed by atoms with Crippen molar-refractivity contribution >= 4 is 23.4 Å². The third-order valence-electron chi connectivity index (χ3n) is 3.28. The standard InChI is InChI=1S/C13H15ClN2O3/c1-13(2)12(19)15-5-6-16(13)11(18)9-7-8(17)3-4-10(9)14/h3-4,7,17H,5-6H2,1-2H3,(H,15,19). The highest BCUT2D eigenvalue weighted by Crippen LogP contribution is 2.26. The maximum Gasteiger partial charge on any atom is 0.256 e. The van der Waals surface area contributed by atoms with Crippen LogP contribution in [0.5, 0.6) is 5.75 Å². The number of nitrogens with one attached hydrogen (secondary N) is 1. The van der Waals surface area contributed by atoms with Crippen LogP contribution < -0.4 is 5.32 Å². The number of halogens is 1. The molecule has 1 aromatic carbocycles. The molecule has 0 saturated carbocycles. The molecule has 6 heteroatoms. The molecule has 0 atom stereocenters. The quantitative estimate of drug-likeness (QED) is 0.818. The van der Waals surface area contributed by atoms with E-state index < -0.39 is 5.54 Å². The van der Waals surface area contributed by atoms with Crippen LogP contribution in [0.25, 0.3) is 0 Å². The molecule has 102 valence electrons. The highest BCUT2D eigenvalue weighted by atomic mass is 35.5. The summed E-state index contributed by atoms with van der Waals surface area (Å²) in [5.41, 5.74) is -0.742. The lowest BCUT2D eigenvalue weighted by Crippen LogP contribution is -2.63. The normalized spacial score (nSPS) is 18.1. The molecule has 19 heavy (non-hydrogen) atoms. The molecule has 1 saturated heterocycles. The van der Waals surface area contributed by atoms with E-state index in [-0.39, 0.29) is 28.1 Å². The average molecular weight is 283 g/mol. The van der Waals surface area contributed by atoms with E-state index in [1.807, 2.05) is 0 Å². The molecule has 2 amide bonds. The number of rotatable bonds is 1. The van der Waals surface area contributed by atoms with Gasteiger partial charge in [0.15, 0.2) is 0 Å². The van der Waals surface area contributed by atoms with Crippen molar-refractivity contribution in [2.24, 2.45) is 0 Å². The van der Waals surface area contributed by atoms with Crippen molar-refractivity contribution in [1.29, 1.82) is 0 Å². The lowest BCUT2D eigenvalue weighted by Gasteiger charge is -2.41. The van der Waals surface area contributed by atoms with Crippen molar-refractivity contribution in [3.05, 3.63) is 28.8 Å². The zero-order valence-corrected chi connectivity index (χ0v) is 11.5. The maximum absolute atomic E-state index is 12.5. The minimum absolute atomic E-state index is 0.0352. The monoisotopic (exact) mass is 282 g/mol. The summed E-state index contributed by atoms with van der Waals surface area (Å²) in [6.07, 6.45) is 0. The first kappa shape index (κ1) is 13.7. The van der Waals surface area contributed by atoms with Gasteiger partial charge in [-0.15, -0.1) is 0 Å². The largest absolute Gasteiger partial charge is 0.508 e. The van der Waals surface area contributed by atoms with Crippen LogP contribution in [0.15, 0.2) is 18.2 Å². The van der Waals surface area contributed by atoms with Gasteiger partial charge >= 0.3 is 0 Å². The number of phenolic OH excluding ortho intramolecular Hbond substituents is 1. The molecule has 2 rings (SSSR count). The highest BCUT2D eigenvalue weighted by Gasteiger charge is 2.41. The molecule has 1 aliphatic rings. The molecule has 0 radical (unpaired) electrons. The molecular formula is C13H15ClN2O3. The fourth-order valence-corrected chi connectivity index (χ4v) is 2.28. The van der Waals surface area contributed by atoms with Crippen molar-refractivity contribution in [1.82, 2.24) is 10.2 Å². The van der Waals surface area contributed by atoms with Gasteiger partial charge in [0, 0.05) is 13.1 Å². The second kappa shape index (κ2) is 4.74. The molecule has 1 heterocycles. The Hall–Kier alpha value is -1.75. The van der Waals surface area contributed by atoms with Gasteiger partial charge < -0.3 is 15.3 Å². The number of phenols is 1. The second-order valence-electron chi connectivity index (χ2n) is 4.94. The number of aromatic hydroxyl groups is 1. The van der Waals surface area contributed by atoms with E-state index in [0.717, 1.165) is 0 Å². The van der Waals surface area contributed by atoms with E-state index in [2.05, 4.69) is 5.32 Å². The molecule has 5 nitrogen and oxygen atoms in total. The van der Waals surface area contributed by atoms with Crippen LogP contribution in [0.1, 0.15) is 24.2 Å². The molecule has 0 bridgehead atoms. The molecule has 0 spiro atoms. The van der Waals surface area contributed by atoms with Gasteiger partial charge in [-0.1, -0.05) is 11.6 Å². The minimum Gasteiger partial charge on any atom is -0.508 e. The summed E-state index contributed by atoms with van der Waals surface area (Å²) >= 11 is 5.98. The molecule has 2 N–H and O–H groups in total. The van der Waals surface area contributed by atoms with Crippen molar-refractivity contribution in [3.63, 3.8) is 0 Å². The maximum atomic E-state index is 12.5. The molecule has 1 aliphatic heterocycles. The SMILES string of the molecule is CC1(C)C(=O)NCCN1C(=O)c1cc(O)ccc1Cl. The van der Waals surface area contributed by atoms with E-state index >= 15 is 0 Å². The van der Waals surface area contributed by atoms with Gasteiger partial charge in [-0.3, -0.25) is 9.59 Å². The van der Waals surface area contributed by atoms with Crippen LogP contribution in [0, 0.1) is 0 Å². The Bertz CT molecular complexity index is 543. The number of benzene rings is 1. The van der Waals surface area contributed by atoms with Crippen LogP contribution in [-0.2, 0) is 4.79 Å². The van der Waals surface area contributed by atoms with Gasteiger partial charge in [0.05, 0.1) is 10.6 Å². The fraction of sp³-hybridized carbons (Fsp3) is 0.385. The summed E-state index contributed by atoms with van der Waals surface area (Å²) in [7, 11) is 0. The smallest absolute Gasteiger partial charge is 0.256 e. The zero-order chi connectivity index (χ0) is 14.2. The van der Waals surface area contributed by atoms with Gasteiger partial charge in [-0.25, -0.2) is 0 Å². The van der Waals surface area contributed by atoms with Crippen LogP contribution in [0.3, 0.4) is 0 Å². The number of carbonyl (C=O) groups is 2. The summed E-state index contributed by atoms with van der Waals surface area (Å²) in [5, 5.41) is 12.4. The fourth-order valence-electron chi connectivity index (χ4n) is 2.08. The number of hydrogen-bond donors (Lipinski definition) is 2. The Morgan fingerprint density at radius 1 is 1.47 bits per heavy atom. The predicted molar refractivity (Wildman–Crippen MR) is 71.2 cm³/mol. The number of piperazine rings is 1. The first-order valence-corrected chi connectivity index (χ1v) is 6.30. The van der Waals surface area contributed by atoms with Gasteiger partial charge in [-0.2, -0.15) is 0 Å². The van der Waals surface area contributed by atoms with E-state index in [0.29, 0.717) is 13.1 Å². The third kappa shape index (κ3) is 2.38. The predicted octanol–water partition coefficient (Wildman–Crippen LogP) is 1.40. The van der Waals surface area contributed by atoms with Gasteiger partial charge in [0.1, 0.15) is 11.3 Å². The van der Waals surface area contributed by atoms with E-state index in [1.54, 1.807) is 13.8 Å². The molecule has 0 aromatic heterocycles. The van der Waals surface area contributed by atoms with Crippen LogP contribution >= 0.6 is 11.6 Å². The summed E-state index contributed by atoms with van der Waals surface area (Å²) in [6.45, 7) is 4.17. The lowest BCUT2D eigenvalue weighted by molar-refractivity contribution is -0.133. The summed E-state index contributed by atoms with van der Waals surface area (Å²) < 4.78 is 0. The lowest BCUT2D eigenvalue weighted by atomic mass is 9.97. The van der Waals surface area contributed by atoms with Crippen LogP contribution in [0.2, 0.25) is 5.02 Å². The minimum atomic E-state index is -0.940. The van der Waals surface area contributed by atoms with Crippen molar-refractivity contribution in [2.75, 3.05) is 13.1 Å². The number of carbonyl (C=O) groups excluding carboxylic acids is 2. The van der Waals surface area contributed by atoms with Crippen molar-refractivity contribution < 1.29 is 14.7 Å². The Labute approximate surface area is 116 Å². The second-order valence-corrected chi connectivity index (χ2v) is 5.34. The van der Waals surface area contributed by atoms with E-state index in [1.165, 1.54) is 23.1 Å². The topological polar surface area (TPSA) is 69.6 Å². The number of hydrogen-bond acceptors (Lipinski definition) is 3. The Morgan fingerprint density at radius 3 is 2.84 bits per heavy atom. The first-order chi connectivity index (χ1) is 8.84. The van der Waals surface area contributed by atoms with Crippen LogP contribution in [0.4, 0.5) is 0 Å². The molecular weight excluding hydrogens is 268 g/mol. The number of amides is 2. The molecule has 1 fully saturated rings. The van der Waals surface area contributed by atoms with Gasteiger partial charge in [0.2, 0.25) is 5.91 Å². The molecule has 0 unspecified atom stereocenters. The van der Waals surface area contributed by atoms with E-state index in [4.69, 9.17) is 11.6 Å². The Balaban J connectivity index is 2.38.